The molecule has 6 aromatic rings. The summed E-state index contributed by atoms with van der Waals surface area (Å²) in [6, 6.07) is 22.0. The zero-order chi connectivity index (χ0) is 26.2. The van der Waals surface area contributed by atoms with Gasteiger partial charge in [0.05, 0.1) is 0 Å². The molecule has 36 heavy (non-hydrogen) atoms. The summed E-state index contributed by atoms with van der Waals surface area (Å²) < 4.78 is 5.98. The first-order valence-corrected chi connectivity index (χ1v) is 17.5. The average Bonchev–Trinajstić information content (AvgIpc) is 3.63. The molecule has 0 N–H and O–H groups in total. The van der Waals surface area contributed by atoms with E-state index in [1.54, 1.807) is 8.87 Å². The average molecular weight is 634 g/mol. The molecule has 0 atom stereocenters. The number of hydrogen-bond donors (Lipinski definition) is 0. The first-order valence-electron chi connectivity index (χ1n) is 11.7. The summed E-state index contributed by atoms with van der Waals surface area (Å²) in [5, 5.41) is 0. The van der Waals surface area contributed by atoms with Gasteiger partial charge in [-0.1, -0.05) is 0 Å². The van der Waals surface area contributed by atoms with Crippen LogP contribution in [0.15, 0.2) is 60.7 Å². The van der Waals surface area contributed by atoms with Crippen molar-refractivity contribution in [1.29, 1.82) is 0 Å². The fourth-order valence-electron chi connectivity index (χ4n) is 3.32. The normalized spacial score (nSPS) is 10.2. The third-order valence-corrected chi connectivity index (χ3v) is 12.1. The summed E-state index contributed by atoms with van der Waals surface area (Å²) in [5.41, 5.74) is 0. The van der Waals surface area contributed by atoms with Crippen LogP contribution in [0.5, 0.6) is 0 Å². The Kier molecular flexibility index (Phi) is 11.5. The van der Waals surface area contributed by atoms with Crippen LogP contribution in [0.4, 0.5) is 0 Å². The van der Waals surface area contributed by atoms with Gasteiger partial charge < -0.3 is 0 Å². The van der Waals surface area contributed by atoms with Gasteiger partial charge in [-0.25, -0.2) is 0 Å². The summed E-state index contributed by atoms with van der Waals surface area (Å²) in [6.45, 7) is 17.2. The van der Waals surface area contributed by atoms with E-state index in [0.29, 0.717) is 14.5 Å². The molecule has 6 rings (SSSR count). The van der Waals surface area contributed by atoms with Crippen LogP contribution in [-0.2, 0) is 0 Å². The third kappa shape index (κ3) is 9.57. The predicted octanol–water partition coefficient (Wildman–Crippen LogP) is 11.4. The Morgan fingerprint density at radius 1 is 0.389 bits per heavy atom. The van der Waals surface area contributed by atoms with Crippen molar-refractivity contribution in [3.63, 3.8) is 0 Å². The molecule has 0 aliphatic rings. The molecule has 0 bridgehead atoms. The molecule has 6 aromatic heterocycles. The summed E-state index contributed by atoms with van der Waals surface area (Å²) in [4.78, 5) is 11.2. The number of rotatable bonds is 1. The smallest absolute Gasteiger partial charge is 0.00170 e. The number of aryl methyl sites for hydroxylation is 8. The molecular weight excluding hydrogens is 600 g/mol. The van der Waals surface area contributed by atoms with Crippen molar-refractivity contribution >= 4 is 80.6 Å². The van der Waals surface area contributed by atoms with Crippen LogP contribution in [0, 0.1) is 55.4 Å². The Hall–Kier alpha value is -1.24. The van der Waals surface area contributed by atoms with Gasteiger partial charge in [-0.2, -0.15) is 0 Å². The second kappa shape index (κ2) is 14.1. The summed E-state index contributed by atoms with van der Waals surface area (Å²) >= 11 is 10.0. The Labute approximate surface area is 242 Å². The minimum absolute atomic E-state index is 0.708. The second-order valence-electron chi connectivity index (χ2n) is 8.58. The summed E-state index contributed by atoms with van der Waals surface area (Å²) in [6.07, 6.45) is 0. The van der Waals surface area contributed by atoms with Gasteiger partial charge in [-0.15, -0.1) is 56.7 Å². The van der Waals surface area contributed by atoms with Crippen LogP contribution < -0.4 is 0 Å². The second-order valence-corrected chi connectivity index (χ2v) is 18.4. The predicted molar refractivity (Wildman–Crippen MR) is 173 cm³/mol. The summed E-state index contributed by atoms with van der Waals surface area (Å²) in [5.74, 6) is 0. The first-order chi connectivity index (χ1) is 17.1. The van der Waals surface area contributed by atoms with Crippen molar-refractivity contribution in [1.82, 2.24) is 0 Å². The zero-order valence-corrected chi connectivity index (χ0v) is 28.0. The number of fused-ring (bicyclic) bond motifs is 1. The van der Waals surface area contributed by atoms with E-state index in [1.807, 2.05) is 56.7 Å². The fourth-order valence-corrected chi connectivity index (χ4v) is 9.80. The van der Waals surface area contributed by atoms with E-state index in [4.69, 9.17) is 0 Å². The molecule has 0 nitrogen and oxygen atoms in total. The van der Waals surface area contributed by atoms with E-state index in [9.17, 15) is 0 Å². The van der Waals surface area contributed by atoms with Gasteiger partial charge in [0, 0.05) is 48.4 Å². The van der Waals surface area contributed by atoms with Crippen LogP contribution in [-0.4, -0.2) is 14.5 Å². The molecule has 6 heteroatoms. The van der Waals surface area contributed by atoms with Crippen molar-refractivity contribution in [3.05, 3.63) is 98.8 Å². The van der Waals surface area contributed by atoms with E-state index in [0.717, 1.165) is 0 Å². The maximum absolute atomic E-state index is 2.26. The van der Waals surface area contributed by atoms with Crippen molar-refractivity contribution in [2.75, 3.05) is 0 Å². The van der Waals surface area contributed by atoms with Crippen molar-refractivity contribution in [2.45, 2.75) is 55.4 Å². The minimum Gasteiger partial charge on any atom is -0.146 e. The molecule has 0 saturated heterocycles. The van der Waals surface area contributed by atoms with Gasteiger partial charge in [-0.05, 0) is 90.1 Å². The molecule has 190 valence electrons. The first kappa shape index (κ1) is 29.3. The SMILES string of the molecule is Cc1cc2sc(C)cc2s1.Cc1ccc(-c2ccc(C)s2)s1.Cc1ccc(C)[se]1.Cc1ccc(C)s1. The number of hydrogen-bond acceptors (Lipinski definition) is 5. The molecule has 0 spiro atoms. The molecule has 6 heterocycles. The molecule has 0 aliphatic carbocycles. The molecule has 0 fully saturated rings. The van der Waals surface area contributed by atoms with Crippen LogP contribution >= 0.6 is 56.7 Å². The minimum atomic E-state index is 0.708. The van der Waals surface area contributed by atoms with Gasteiger partial charge in [0.2, 0.25) is 0 Å². The fraction of sp³-hybridized carbons (Fsp3) is 0.267. The van der Waals surface area contributed by atoms with E-state index >= 15 is 0 Å². The quantitative estimate of drug-likeness (QED) is 0.158. The Balaban J connectivity index is 0.000000138. The number of thiophene rings is 5. The standard InChI is InChI=1S/C10H10S2.C8H8S2.C6H8S.C6H8Se/c1-7-3-5-9(11-7)10-6-4-8(2)12-10;1-5-3-7-8(9-5)4-6(2)10-7;2*1-5-3-4-6(2)7-5/h3-6H,1-2H3;3-4H,1-2H3;2*3-4H,1-2H3. The largest absolute Gasteiger partial charge is 0.146 e. The maximum atomic E-state index is 2.26. The van der Waals surface area contributed by atoms with Crippen LogP contribution in [0.3, 0.4) is 0 Å². The van der Waals surface area contributed by atoms with Gasteiger partial charge in [0.25, 0.3) is 0 Å². The molecule has 0 amide bonds. The van der Waals surface area contributed by atoms with E-state index in [1.165, 1.54) is 48.4 Å². The van der Waals surface area contributed by atoms with E-state index in [2.05, 4.69) is 116 Å². The van der Waals surface area contributed by atoms with E-state index in [-0.39, 0.29) is 0 Å². The van der Waals surface area contributed by atoms with Crippen molar-refractivity contribution in [2.24, 2.45) is 0 Å². The van der Waals surface area contributed by atoms with Gasteiger partial charge in [-0.3, -0.25) is 0 Å². The Bertz CT molecular complexity index is 1310. The van der Waals surface area contributed by atoms with Gasteiger partial charge >= 0.3 is 49.4 Å². The molecule has 0 aromatic carbocycles. The molecule has 0 unspecified atom stereocenters. The monoisotopic (exact) mass is 634 g/mol. The van der Waals surface area contributed by atoms with Gasteiger partial charge in [0.1, 0.15) is 0 Å². The van der Waals surface area contributed by atoms with Crippen molar-refractivity contribution in [3.8, 4) is 9.75 Å². The van der Waals surface area contributed by atoms with Gasteiger partial charge in [0.15, 0.2) is 0 Å². The molecule has 0 aliphatic heterocycles. The maximum Gasteiger partial charge on any atom is 0.00170 e. The molecule has 0 saturated carbocycles. The Morgan fingerprint density at radius 2 is 0.750 bits per heavy atom. The molecule has 0 radical (unpaired) electrons. The van der Waals surface area contributed by atoms with Crippen molar-refractivity contribution < 1.29 is 0 Å². The van der Waals surface area contributed by atoms with E-state index < -0.39 is 0 Å². The zero-order valence-electron chi connectivity index (χ0n) is 22.2. The van der Waals surface area contributed by atoms with Crippen LogP contribution in [0.25, 0.3) is 19.2 Å². The molecular formula is C30H34S5Se. The topological polar surface area (TPSA) is 0 Å². The Morgan fingerprint density at radius 3 is 1.00 bits per heavy atom. The van der Waals surface area contributed by atoms with Crippen LogP contribution in [0.1, 0.15) is 38.1 Å². The third-order valence-electron chi connectivity index (χ3n) is 4.93. The summed E-state index contributed by atoms with van der Waals surface area (Å²) in [7, 11) is 0. The van der Waals surface area contributed by atoms with Crippen LogP contribution in [0.2, 0.25) is 0 Å².